The van der Waals surface area contributed by atoms with E-state index in [9.17, 15) is 4.79 Å². The second kappa shape index (κ2) is 10.9. The van der Waals surface area contributed by atoms with Gasteiger partial charge in [-0.2, -0.15) is 0 Å². The van der Waals surface area contributed by atoms with Crippen molar-refractivity contribution in [1.82, 2.24) is 34.7 Å². The SMILES string of the molecule is CN(C)c1cc(-c2ccc3nc(Nc4cc(CN5CCN(C(=O)OC(C)(C)C)CC5)ccn4)[nH]c3c2)ncn1. The second-order valence-corrected chi connectivity index (χ2v) is 10.9. The van der Waals surface area contributed by atoms with Gasteiger partial charge in [0.1, 0.15) is 23.6 Å². The predicted molar refractivity (Wildman–Crippen MR) is 152 cm³/mol. The molecule has 5 rings (SSSR count). The Bertz CT molecular complexity index is 1450. The molecule has 1 aliphatic heterocycles. The van der Waals surface area contributed by atoms with Crippen molar-refractivity contribution in [3.8, 4) is 11.3 Å². The highest BCUT2D eigenvalue weighted by Crippen LogP contribution is 2.25. The van der Waals surface area contributed by atoms with Gasteiger partial charge >= 0.3 is 6.09 Å². The summed E-state index contributed by atoms with van der Waals surface area (Å²) in [6, 6.07) is 12.0. The average molecular weight is 530 g/mol. The Morgan fingerprint density at radius 2 is 1.85 bits per heavy atom. The van der Waals surface area contributed by atoms with Crippen LogP contribution < -0.4 is 10.2 Å². The van der Waals surface area contributed by atoms with E-state index >= 15 is 0 Å². The number of benzene rings is 1. The summed E-state index contributed by atoms with van der Waals surface area (Å²) in [5.41, 5.74) is 4.23. The molecule has 1 aliphatic rings. The van der Waals surface area contributed by atoms with Crippen molar-refractivity contribution in [2.24, 2.45) is 0 Å². The van der Waals surface area contributed by atoms with E-state index in [0.29, 0.717) is 24.9 Å². The van der Waals surface area contributed by atoms with Gasteiger partial charge in [-0.25, -0.2) is 24.7 Å². The molecular weight excluding hydrogens is 494 g/mol. The van der Waals surface area contributed by atoms with Crippen LogP contribution in [0.3, 0.4) is 0 Å². The van der Waals surface area contributed by atoms with E-state index in [1.54, 1.807) is 17.4 Å². The highest BCUT2D eigenvalue weighted by atomic mass is 16.6. The molecule has 4 heterocycles. The molecule has 0 radical (unpaired) electrons. The van der Waals surface area contributed by atoms with Crippen molar-refractivity contribution in [3.63, 3.8) is 0 Å². The Labute approximate surface area is 228 Å². The molecule has 0 saturated carbocycles. The summed E-state index contributed by atoms with van der Waals surface area (Å²) >= 11 is 0. The average Bonchev–Trinajstić information content (AvgIpc) is 3.30. The summed E-state index contributed by atoms with van der Waals surface area (Å²) in [6.07, 6.45) is 3.13. The van der Waals surface area contributed by atoms with E-state index in [0.717, 1.165) is 53.3 Å². The van der Waals surface area contributed by atoms with Crippen LogP contribution in [-0.2, 0) is 11.3 Å². The van der Waals surface area contributed by atoms with E-state index in [4.69, 9.17) is 4.74 Å². The van der Waals surface area contributed by atoms with E-state index in [2.05, 4.69) is 35.1 Å². The zero-order chi connectivity index (χ0) is 27.6. The number of ether oxygens (including phenoxy) is 1. The number of rotatable bonds is 6. The topological polar surface area (TPSA) is 115 Å². The fraction of sp³-hybridized carbons (Fsp3) is 0.393. The van der Waals surface area contributed by atoms with Crippen LogP contribution in [0.1, 0.15) is 26.3 Å². The smallest absolute Gasteiger partial charge is 0.410 e. The first kappa shape index (κ1) is 26.4. The number of pyridine rings is 1. The molecule has 0 unspecified atom stereocenters. The van der Waals surface area contributed by atoms with Crippen LogP contribution in [0, 0.1) is 0 Å². The van der Waals surface area contributed by atoms with Gasteiger partial charge in [-0.3, -0.25) is 4.90 Å². The summed E-state index contributed by atoms with van der Waals surface area (Å²) in [7, 11) is 3.91. The number of aromatic amines is 1. The number of piperazine rings is 1. The lowest BCUT2D eigenvalue weighted by Crippen LogP contribution is -2.49. The van der Waals surface area contributed by atoms with Gasteiger partial charge in [0, 0.05) is 64.6 Å². The number of carbonyl (C=O) groups is 1. The van der Waals surface area contributed by atoms with Crippen molar-refractivity contribution < 1.29 is 9.53 Å². The van der Waals surface area contributed by atoms with Gasteiger partial charge in [0.15, 0.2) is 0 Å². The Balaban J connectivity index is 1.22. The Hall–Kier alpha value is -4.25. The number of nitrogens with zero attached hydrogens (tertiary/aromatic N) is 7. The maximum Gasteiger partial charge on any atom is 0.410 e. The van der Waals surface area contributed by atoms with Crippen LogP contribution in [0.25, 0.3) is 22.3 Å². The third-order valence-electron chi connectivity index (χ3n) is 6.39. The van der Waals surface area contributed by atoms with Crippen molar-refractivity contribution in [2.45, 2.75) is 32.9 Å². The van der Waals surface area contributed by atoms with Crippen molar-refractivity contribution in [1.29, 1.82) is 0 Å². The molecule has 39 heavy (non-hydrogen) atoms. The fourth-order valence-corrected chi connectivity index (χ4v) is 4.41. The maximum atomic E-state index is 12.3. The largest absolute Gasteiger partial charge is 0.444 e. The zero-order valence-corrected chi connectivity index (χ0v) is 23.1. The number of anilines is 3. The molecule has 11 nitrogen and oxygen atoms in total. The number of fused-ring (bicyclic) bond motifs is 1. The summed E-state index contributed by atoms with van der Waals surface area (Å²) < 4.78 is 5.50. The number of aromatic nitrogens is 5. The number of hydrogen-bond donors (Lipinski definition) is 2. The molecule has 2 N–H and O–H groups in total. The van der Waals surface area contributed by atoms with Gasteiger partial charge in [-0.15, -0.1) is 0 Å². The molecule has 0 bridgehead atoms. The van der Waals surface area contributed by atoms with Gasteiger partial charge in [0.05, 0.1) is 16.7 Å². The number of H-pyrrole nitrogens is 1. The molecule has 1 fully saturated rings. The molecule has 0 spiro atoms. The van der Waals surface area contributed by atoms with E-state index in [1.807, 2.05) is 76.2 Å². The summed E-state index contributed by atoms with van der Waals surface area (Å²) in [5.74, 6) is 2.18. The zero-order valence-electron chi connectivity index (χ0n) is 23.1. The fourth-order valence-electron chi connectivity index (χ4n) is 4.41. The minimum absolute atomic E-state index is 0.245. The van der Waals surface area contributed by atoms with Gasteiger partial charge in [0.25, 0.3) is 0 Å². The number of amides is 1. The third kappa shape index (κ3) is 6.61. The van der Waals surface area contributed by atoms with Crippen molar-refractivity contribution in [3.05, 3.63) is 54.5 Å². The minimum atomic E-state index is -0.483. The number of carbonyl (C=O) groups excluding carboxylic acids is 1. The molecule has 1 amide bonds. The first-order valence-corrected chi connectivity index (χ1v) is 13.0. The molecule has 3 aromatic heterocycles. The lowest BCUT2D eigenvalue weighted by atomic mass is 10.1. The summed E-state index contributed by atoms with van der Waals surface area (Å²) in [5, 5.41) is 3.30. The quantitative estimate of drug-likeness (QED) is 0.378. The van der Waals surface area contributed by atoms with Gasteiger partial charge < -0.3 is 24.8 Å². The Kier molecular flexibility index (Phi) is 7.34. The van der Waals surface area contributed by atoms with Crippen LogP contribution >= 0.6 is 0 Å². The summed E-state index contributed by atoms with van der Waals surface area (Å²) in [4.78, 5) is 39.6. The Morgan fingerprint density at radius 1 is 1.05 bits per heavy atom. The molecule has 11 heteroatoms. The molecule has 4 aromatic rings. The van der Waals surface area contributed by atoms with E-state index < -0.39 is 5.60 Å². The predicted octanol–water partition coefficient (Wildman–Crippen LogP) is 4.28. The summed E-state index contributed by atoms with van der Waals surface area (Å²) in [6.45, 7) is 9.32. The number of hydrogen-bond acceptors (Lipinski definition) is 9. The van der Waals surface area contributed by atoms with Gasteiger partial charge in [-0.1, -0.05) is 6.07 Å². The molecule has 1 saturated heterocycles. The van der Waals surface area contributed by atoms with E-state index in [-0.39, 0.29) is 6.09 Å². The van der Waals surface area contributed by atoms with Gasteiger partial charge in [0.2, 0.25) is 5.95 Å². The minimum Gasteiger partial charge on any atom is -0.444 e. The number of imidazole rings is 1. The first-order valence-electron chi connectivity index (χ1n) is 13.0. The molecular formula is C28H35N9O2. The van der Waals surface area contributed by atoms with Crippen LogP contribution in [0.15, 0.2) is 48.9 Å². The van der Waals surface area contributed by atoms with Crippen LogP contribution in [0.2, 0.25) is 0 Å². The third-order valence-corrected chi connectivity index (χ3v) is 6.39. The van der Waals surface area contributed by atoms with Crippen molar-refractivity contribution in [2.75, 3.05) is 50.5 Å². The van der Waals surface area contributed by atoms with Crippen LogP contribution in [0.5, 0.6) is 0 Å². The lowest BCUT2D eigenvalue weighted by molar-refractivity contribution is 0.0139. The standard InChI is InChI=1S/C28H35N9O2/c1-28(2,3)39-27(38)37-12-10-36(11-13-37)17-19-8-9-29-24(14-19)34-26-32-21-7-6-20(15-23(21)33-26)22-16-25(35(4)5)31-18-30-22/h6-9,14-16,18H,10-13,17H2,1-5H3,(H2,29,32,33,34). The Morgan fingerprint density at radius 3 is 2.59 bits per heavy atom. The van der Waals surface area contributed by atoms with Gasteiger partial charge in [-0.05, 0) is 50.6 Å². The first-order chi connectivity index (χ1) is 18.6. The molecule has 0 aliphatic carbocycles. The molecule has 204 valence electrons. The highest BCUT2D eigenvalue weighted by Gasteiger charge is 2.25. The highest BCUT2D eigenvalue weighted by molar-refractivity contribution is 5.83. The normalized spacial score (nSPS) is 14.4. The van der Waals surface area contributed by atoms with Crippen LogP contribution in [-0.4, -0.2) is 86.7 Å². The molecule has 0 atom stereocenters. The van der Waals surface area contributed by atoms with Crippen LogP contribution in [0.4, 0.5) is 22.4 Å². The maximum absolute atomic E-state index is 12.3. The van der Waals surface area contributed by atoms with E-state index in [1.165, 1.54) is 0 Å². The monoisotopic (exact) mass is 529 g/mol. The lowest BCUT2D eigenvalue weighted by Gasteiger charge is -2.35. The van der Waals surface area contributed by atoms with Crippen molar-refractivity contribution >= 4 is 34.7 Å². The second-order valence-electron chi connectivity index (χ2n) is 10.9. The number of nitrogens with one attached hydrogen (secondary N) is 2. The molecule has 1 aromatic carbocycles.